The Morgan fingerprint density at radius 2 is 2.41 bits per heavy atom. The van der Waals surface area contributed by atoms with E-state index in [1.54, 1.807) is 6.20 Å². The first-order chi connectivity index (χ1) is 8.18. The second kappa shape index (κ2) is 3.70. The fraction of sp³-hybridized carbons (Fsp3) is 0.500. The van der Waals surface area contributed by atoms with Crippen molar-refractivity contribution in [1.82, 2.24) is 14.8 Å². The average Bonchev–Trinajstić information content (AvgIpc) is 2.84. The van der Waals surface area contributed by atoms with E-state index in [2.05, 4.69) is 17.0 Å². The first-order valence-electron chi connectivity index (χ1n) is 5.86. The number of ether oxygens (including phenoxy) is 1. The molecule has 3 heterocycles. The molecule has 5 nitrogen and oxygen atoms in total. The van der Waals surface area contributed by atoms with Gasteiger partial charge in [0, 0.05) is 18.5 Å². The van der Waals surface area contributed by atoms with Gasteiger partial charge < -0.3 is 9.84 Å². The van der Waals surface area contributed by atoms with Crippen molar-refractivity contribution in [2.75, 3.05) is 6.61 Å². The smallest absolute Gasteiger partial charge is 0.280 e. The predicted molar refractivity (Wildman–Crippen MR) is 63.3 cm³/mol. The fourth-order valence-electron chi connectivity index (χ4n) is 2.60. The number of fused-ring (bicyclic) bond motifs is 1. The molecule has 0 radical (unpaired) electrons. The van der Waals surface area contributed by atoms with E-state index in [4.69, 9.17) is 4.74 Å². The van der Waals surface area contributed by atoms with E-state index < -0.39 is 0 Å². The van der Waals surface area contributed by atoms with Crippen LogP contribution < -0.4 is 5.56 Å². The summed E-state index contributed by atoms with van der Waals surface area (Å²) < 4.78 is 7.62. The normalized spacial score (nSPS) is 24.6. The van der Waals surface area contributed by atoms with Crippen molar-refractivity contribution in [3.8, 4) is 11.3 Å². The summed E-state index contributed by atoms with van der Waals surface area (Å²) in [6.45, 7) is 4.74. The molecule has 2 atom stereocenters. The molecule has 0 spiro atoms. The van der Waals surface area contributed by atoms with Crippen molar-refractivity contribution in [2.45, 2.75) is 32.4 Å². The van der Waals surface area contributed by atoms with Crippen LogP contribution in [0.3, 0.4) is 0 Å². The molecule has 1 saturated heterocycles. The third-order valence-corrected chi connectivity index (χ3v) is 3.48. The van der Waals surface area contributed by atoms with Gasteiger partial charge in [0.1, 0.15) is 0 Å². The van der Waals surface area contributed by atoms with Gasteiger partial charge in [-0.05, 0) is 26.3 Å². The van der Waals surface area contributed by atoms with Gasteiger partial charge in [-0.1, -0.05) is 0 Å². The summed E-state index contributed by atoms with van der Waals surface area (Å²) in [6.07, 6.45) is 2.70. The summed E-state index contributed by atoms with van der Waals surface area (Å²) >= 11 is 0. The van der Waals surface area contributed by atoms with E-state index in [9.17, 15) is 4.79 Å². The van der Waals surface area contributed by atoms with Crippen molar-refractivity contribution in [3.05, 3.63) is 28.3 Å². The Hall–Kier alpha value is -1.62. The molecule has 17 heavy (non-hydrogen) atoms. The first-order valence-corrected chi connectivity index (χ1v) is 5.86. The van der Waals surface area contributed by atoms with Crippen LogP contribution in [0.1, 0.15) is 25.1 Å². The molecule has 90 valence electrons. The highest BCUT2D eigenvalue weighted by molar-refractivity contribution is 5.62. The third kappa shape index (κ3) is 1.50. The number of H-pyrrole nitrogens is 1. The van der Waals surface area contributed by atoms with E-state index in [1.165, 1.54) is 0 Å². The molecule has 1 fully saturated rings. The second-order valence-electron chi connectivity index (χ2n) is 4.55. The standard InChI is InChI=1S/C12H15N3O2/c1-7-11-10(3-5-13-12(11)16)15(14-7)9-4-6-17-8(9)2/h3,5,8-9,14H,4,6H2,1-2H3/t8-,9-/m1/s1. The molecule has 0 aromatic rings. The molecule has 3 aliphatic heterocycles. The molecule has 0 aliphatic carbocycles. The summed E-state index contributed by atoms with van der Waals surface area (Å²) in [6, 6.07) is 2.15. The maximum atomic E-state index is 11.7. The molecular formula is C12H15N3O2. The topological polar surface area (TPSA) is 59.9 Å². The van der Waals surface area contributed by atoms with Crippen molar-refractivity contribution >= 4 is 0 Å². The van der Waals surface area contributed by atoms with Gasteiger partial charge in [-0.15, -0.1) is 0 Å². The first kappa shape index (κ1) is 10.5. The van der Waals surface area contributed by atoms with Crippen molar-refractivity contribution in [3.63, 3.8) is 0 Å². The monoisotopic (exact) mass is 233 g/mol. The van der Waals surface area contributed by atoms with E-state index in [1.807, 2.05) is 17.7 Å². The summed E-state index contributed by atoms with van der Waals surface area (Å²) in [5.74, 6) is 0. The Balaban J connectivity index is 2.17. The lowest BCUT2D eigenvalue weighted by molar-refractivity contribution is 0.105. The Bertz CT molecular complexity index is 572. The highest BCUT2D eigenvalue weighted by Crippen LogP contribution is 2.31. The van der Waals surface area contributed by atoms with Crippen LogP contribution in [0.5, 0.6) is 0 Å². The minimum Gasteiger partial charge on any atom is -0.376 e. The number of hydrogen-bond acceptors (Lipinski definition) is 3. The van der Waals surface area contributed by atoms with Crippen LogP contribution in [0, 0.1) is 6.92 Å². The lowest BCUT2D eigenvalue weighted by Gasteiger charge is -2.17. The van der Waals surface area contributed by atoms with Crippen LogP contribution in [-0.4, -0.2) is 27.5 Å². The minimum absolute atomic E-state index is 0.165. The van der Waals surface area contributed by atoms with E-state index >= 15 is 0 Å². The maximum absolute atomic E-state index is 11.7. The van der Waals surface area contributed by atoms with Gasteiger partial charge in [0.2, 0.25) is 0 Å². The molecule has 0 bridgehead atoms. The molecule has 5 heteroatoms. The van der Waals surface area contributed by atoms with Crippen molar-refractivity contribution in [2.24, 2.45) is 0 Å². The van der Waals surface area contributed by atoms with Gasteiger partial charge in [-0.25, -0.2) is 4.98 Å². The summed E-state index contributed by atoms with van der Waals surface area (Å²) in [5.41, 5.74) is 2.32. The van der Waals surface area contributed by atoms with Gasteiger partial charge in [0.05, 0.1) is 23.4 Å². The van der Waals surface area contributed by atoms with Gasteiger partial charge in [0.25, 0.3) is 5.56 Å². The molecule has 0 unspecified atom stereocenters. The quantitative estimate of drug-likeness (QED) is 0.808. The van der Waals surface area contributed by atoms with Crippen LogP contribution >= 0.6 is 0 Å². The molecule has 1 N–H and O–H groups in total. The molecule has 0 aromatic heterocycles. The average molecular weight is 233 g/mol. The van der Waals surface area contributed by atoms with E-state index in [0.717, 1.165) is 24.4 Å². The van der Waals surface area contributed by atoms with Gasteiger partial charge in [0.15, 0.2) is 0 Å². The summed E-state index contributed by atoms with van der Waals surface area (Å²) in [7, 11) is 0. The lowest BCUT2D eigenvalue weighted by Crippen LogP contribution is -2.19. The Morgan fingerprint density at radius 3 is 3.12 bits per heavy atom. The molecule has 0 aromatic carbocycles. The van der Waals surface area contributed by atoms with Crippen molar-refractivity contribution in [1.29, 1.82) is 0 Å². The van der Waals surface area contributed by atoms with Crippen LogP contribution in [0.4, 0.5) is 0 Å². The molecule has 3 rings (SSSR count). The number of pyridine rings is 1. The third-order valence-electron chi connectivity index (χ3n) is 3.48. The number of aromatic nitrogens is 3. The highest BCUT2D eigenvalue weighted by atomic mass is 16.5. The van der Waals surface area contributed by atoms with Gasteiger partial charge >= 0.3 is 0 Å². The largest absolute Gasteiger partial charge is 0.376 e. The predicted octanol–water partition coefficient (Wildman–Crippen LogP) is 1.33. The second-order valence-corrected chi connectivity index (χ2v) is 4.55. The molecule has 0 amide bonds. The summed E-state index contributed by atoms with van der Waals surface area (Å²) in [4.78, 5) is 15.5. The van der Waals surface area contributed by atoms with Crippen LogP contribution in [0.15, 0.2) is 17.1 Å². The Labute approximate surface area is 98.8 Å². The zero-order valence-corrected chi connectivity index (χ0v) is 9.93. The SMILES string of the molecule is Cc1[nH]n([C@@H]2CCO[C@@H]2C)c2ccnc(=O)c1-2. The highest BCUT2D eigenvalue weighted by Gasteiger charge is 2.30. The summed E-state index contributed by atoms with van der Waals surface area (Å²) in [5, 5.41) is 3.26. The van der Waals surface area contributed by atoms with E-state index in [-0.39, 0.29) is 17.7 Å². The van der Waals surface area contributed by atoms with Crippen molar-refractivity contribution < 1.29 is 4.74 Å². The molecular weight excluding hydrogens is 218 g/mol. The van der Waals surface area contributed by atoms with Crippen LogP contribution in [0.25, 0.3) is 11.3 Å². The number of aryl methyl sites for hydroxylation is 1. The van der Waals surface area contributed by atoms with Crippen LogP contribution in [-0.2, 0) is 4.74 Å². The zero-order valence-electron chi connectivity index (χ0n) is 9.93. The Kier molecular flexibility index (Phi) is 2.29. The van der Waals surface area contributed by atoms with Gasteiger partial charge in [-0.2, -0.15) is 0 Å². The number of aromatic amines is 1. The molecule has 0 saturated carbocycles. The zero-order chi connectivity index (χ0) is 12.0. The van der Waals surface area contributed by atoms with E-state index in [0.29, 0.717) is 5.56 Å². The number of nitrogens with zero attached hydrogens (tertiary/aromatic N) is 2. The molecule has 3 aliphatic rings. The number of hydrogen-bond donors (Lipinski definition) is 1. The van der Waals surface area contributed by atoms with Crippen LogP contribution in [0.2, 0.25) is 0 Å². The lowest BCUT2D eigenvalue weighted by atomic mass is 10.1. The number of nitrogens with one attached hydrogen (secondary N) is 1. The fourth-order valence-corrected chi connectivity index (χ4v) is 2.60. The number of rotatable bonds is 1. The minimum atomic E-state index is -0.165. The Morgan fingerprint density at radius 1 is 1.59 bits per heavy atom. The van der Waals surface area contributed by atoms with Gasteiger partial charge in [-0.3, -0.25) is 9.48 Å². The maximum Gasteiger partial charge on any atom is 0.280 e.